The van der Waals surface area contributed by atoms with Crippen LogP contribution in [0.4, 0.5) is 5.69 Å². The number of anilines is 1. The molecular weight excluding hydrogens is 392 g/mol. The van der Waals surface area contributed by atoms with Gasteiger partial charge < -0.3 is 4.90 Å². The van der Waals surface area contributed by atoms with E-state index in [4.69, 9.17) is 0 Å². The molecule has 0 spiro atoms. The van der Waals surface area contributed by atoms with Crippen molar-refractivity contribution < 1.29 is 13.2 Å². The number of fused-ring (bicyclic) bond motifs is 1. The summed E-state index contributed by atoms with van der Waals surface area (Å²) >= 11 is 1.58. The highest BCUT2D eigenvalue weighted by atomic mass is 32.2. The minimum Gasteiger partial charge on any atom is -0.312 e. The summed E-state index contributed by atoms with van der Waals surface area (Å²) in [6.07, 6.45) is 3.99. The summed E-state index contributed by atoms with van der Waals surface area (Å²) in [6.45, 7) is 1.50. The van der Waals surface area contributed by atoms with Crippen molar-refractivity contribution >= 4 is 33.4 Å². The summed E-state index contributed by atoms with van der Waals surface area (Å²) < 4.78 is 27.3. The number of nitrogens with zero attached hydrogens (tertiary/aromatic N) is 2. The largest absolute Gasteiger partial charge is 0.312 e. The summed E-state index contributed by atoms with van der Waals surface area (Å²) in [5.74, 6) is 0.0165. The Morgan fingerprint density at radius 1 is 1.00 bits per heavy atom. The van der Waals surface area contributed by atoms with Gasteiger partial charge in [0.05, 0.1) is 4.90 Å². The summed E-state index contributed by atoms with van der Waals surface area (Å²) in [5.41, 5.74) is 2.22. The van der Waals surface area contributed by atoms with E-state index >= 15 is 0 Å². The Bertz CT molecular complexity index is 965. The topological polar surface area (TPSA) is 57.7 Å². The Labute approximate surface area is 170 Å². The molecule has 2 aliphatic heterocycles. The molecule has 0 atom stereocenters. The molecule has 7 heteroatoms. The lowest BCUT2D eigenvalue weighted by Gasteiger charge is -2.32. The maximum Gasteiger partial charge on any atom is 0.243 e. The first-order chi connectivity index (χ1) is 13.5. The van der Waals surface area contributed by atoms with Crippen molar-refractivity contribution in [3.05, 3.63) is 54.1 Å². The van der Waals surface area contributed by atoms with E-state index in [0.29, 0.717) is 30.8 Å². The van der Waals surface area contributed by atoms with E-state index in [1.165, 1.54) is 9.87 Å². The van der Waals surface area contributed by atoms with Crippen LogP contribution in [0.3, 0.4) is 0 Å². The second-order valence-corrected chi connectivity index (χ2v) is 10.0. The third kappa shape index (κ3) is 3.58. The molecule has 148 valence electrons. The number of carbonyl (C=O) groups is 1. The second-order valence-electron chi connectivity index (χ2n) is 7.22. The summed E-state index contributed by atoms with van der Waals surface area (Å²) in [4.78, 5) is 16.3. The molecule has 2 aromatic rings. The Morgan fingerprint density at radius 3 is 2.36 bits per heavy atom. The second kappa shape index (κ2) is 7.89. The van der Waals surface area contributed by atoms with E-state index in [-0.39, 0.29) is 11.8 Å². The molecule has 5 nitrogen and oxygen atoms in total. The van der Waals surface area contributed by atoms with E-state index in [0.717, 1.165) is 23.5 Å². The molecule has 1 fully saturated rings. The summed E-state index contributed by atoms with van der Waals surface area (Å²) in [7, 11) is -3.50. The van der Waals surface area contributed by atoms with E-state index in [1.54, 1.807) is 23.9 Å². The third-order valence-electron chi connectivity index (χ3n) is 5.65. The van der Waals surface area contributed by atoms with Crippen LogP contribution in [-0.4, -0.2) is 44.5 Å². The van der Waals surface area contributed by atoms with Crippen LogP contribution in [0, 0.1) is 5.92 Å². The van der Waals surface area contributed by atoms with Crippen LogP contribution in [-0.2, 0) is 21.2 Å². The van der Waals surface area contributed by atoms with Gasteiger partial charge in [-0.3, -0.25) is 4.79 Å². The minimum absolute atomic E-state index is 0.114. The quantitative estimate of drug-likeness (QED) is 0.717. The van der Waals surface area contributed by atoms with Crippen molar-refractivity contribution in [3.8, 4) is 0 Å². The van der Waals surface area contributed by atoms with Gasteiger partial charge in [0, 0.05) is 36.1 Å². The molecule has 0 radical (unpaired) electrons. The molecule has 28 heavy (non-hydrogen) atoms. The van der Waals surface area contributed by atoms with Crippen LogP contribution in [0.2, 0.25) is 0 Å². The molecule has 1 saturated heterocycles. The molecule has 4 rings (SSSR count). The maximum atomic E-state index is 13.0. The van der Waals surface area contributed by atoms with Gasteiger partial charge >= 0.3 is 0 Å². The van der Waals surface area contributed by atoms with Crippen molar-refractivity contribution in [3.63, 3.8) is 0 Å². The van der Waals surface area contributed by atoms with Crippen molar-refractivity contribution in [2.24, 2.45) is 5.92 Å². The van der Waals surface area contributed by atoms with Gasteiger partial charge in [-0.1, -0.05) is 18.2 Å². The van der Waals surface area contributed by atoms with E-state index in [9.17, 15) is 13.2 Å². The van der Waals surface area contributed by atoms with Crippen LogP contribution in [0.1, 0.15) is 18.4 Å². The zero-order valence-electron chi connectivity index (χ0n) is 15.9. The van der Waals surface area contributed by atoms with Crippen LogP contribution in [0.5, 0.6) is 0 Å². The van der Waals surface area contributed by atoms with Crippen molar-refractivity contribution in [1.29, 1.82) is 0 Å². The van der Waals surface area contributed by atoms with Gasteiger partial charge in [-0.15, -0.1) is 11.8 Å². The van der Waals surface area contributed by atoms with Gasteiger partial charge in [-0.2, -0.15) is 4.31 Å². The van der Waals surface area contributed by atoms with Crippen molar-refractivity contribution in [1.82, 2.24) is 4.31 Å². The molecule has 0 aromatic heterocycles. The minimum atomic E-state index is -3.50. The lowest BCUT2D eigenvalue weighted by molar-refractivity contribution is -0.123. The van der Waals surface area contributed by atoms with Crippen LogP contribution >= 0.6 is 11.8 Å². The number of sulfonamides is 1. The Hall–Kier alpha value is -1.83. The fourth-order valence-corrected chi connectivity index (χ4v) is 5.91. The lowest BCUT2D eigenvalue weighted by atomic mass is 9.96. The third-order valence-corrected chi connectivity index (χ3v) is 8.31. The summed E-state index contributed by atoms with van der Waals surface area (Å²) in [6, 6.07) is 15.0. The predicted octanol–water partition coefficient (Wildman–Crippen LogP) is 3.40. The van der Waals surface area contributed by atoms with Gasteiger partial charge in [0.1, 0.15) is 0 Å². The number of benzene rings is 2. The number of hydrogen-bond donors (Lipinski definition) is 0. The molecular formula is C21H24N2O3S2. The monoisotopic (exact) mass is 416 g/mol. The highest BCUT2D eigenvalue weighted by Crippen LogP contribution is 2.32. The normalized spacial score (nSPS) is 18.2. The number of hydrogen-bond acceptors (Lipinski definition) is 4. The van der Waals surface area contributed by atoms with Crippen molar-refractivity contribution in [2.45, 2.75) is 29.1 Å². The van der Waals surface area contributed by atoms with Crippen LogP contribution < -0.4 is 4.90 Å². The number of thioether (sulfide) groups is 1. The molecule has 0 unspecified atom stereocenters. The average Bonchev–Trinajstić information content (AvgIpc) is 3.17. The smallest absolute Gasteiger partial charge is 0.243 e. The maximum absolute atomic E-state index is 13.0. The van der Waals surface area contributed by atoms with Crippen LogP contribution in [0.15, 0.2) is 58.3 Å². The fourth-order valence-electron chi connectivity index (χ4n) is 4.03. The number of rotatable bonds is 4. The van der Waals surface area contributed by atoms with E-state index < -0.39 is 10.0 Å². The van der Waals surface area contributed by atoms with Crippen molar-refractivity contribution in [2.75, 3.05) is 30.8 Å². The molecule has 2 aliphatic rings. The van der Waals surface area contributed by atoms with Gasteiger partial charge in [-0.05, 0) is 61.4 Å². The first-order valence-electron chi connectivity index (χ1n) is 9.54. The Morgan fingerprint density at radius 2 is 1.68 bits per heavy atom. The predicted molar refractivity (Wildman–Crippen MR) is 112 cm³/mol. The van der Waals surface area contributed by atoms with Crippen LogP contribution in [0.25, 0.3) is 0 Å². The highest BCUT2D eigenvalue weighted by Gasteiger charge is 2.35. The van der Waals surface area contributed by atoms with Gasteiger partial charge in [-0.25, -0.2) is 8.42 Å². The highest BCUT2D eigenvalue weighted by molar-refractivity contribution is 7.98. The molecule has 0 bridgehead atoms. The lowest BCUT2D eigenvalue weighted by Crippen LogP contribution is -2.44. The first-order valence-corrected chi connectivity index (χ1v) is 12.2. The molecule has 2 heterocycles. The number of carbonyl (C=O) groups excluding carboxylic acids is 1. The molecule has 1 amide bonds. The SMILES string of the molecule is CSc1ccc(S(=O)(=O)N2CCC(C(=O)N3CCc4ccccc43)CC2)cc1. The van der Waals surface area contributed by atoms with E-state index in [1.807, 2.05) is 41.5 Å². The zero-order valence-corrected chi connectivity index (χ0v) is 17.5. The van der Waals surface area contributed by atoms with Gasteiger partial charge in [0.25, 0.3) is 0 Å². The molecule has 0 N–H and O–H groups in total. The number of piperidine rings is 1. The molecule has 2 aromatic carbocycles. The molecule has 0 aliphatic carbocycles. The van der Waals surface area contributed by atoms with Gasteiger partial charge in [0.15, 0.2) is 0 Å². The Kier molecular flexibility index (Phi) is 5.49. The fraction of sp³-hybridized carbons (Fsp3) is 0.381. The number of amides is 1. The summed E-state index contributed by atoms with van der Waals surface area (Å²) in [5, 5.41) is 0. The van der Waals surface area contributed by atoms with E-state index in [2.05, 4.69) is 6.07 Å². The number of para-hydroxylation sites is 1. The zero-order chi connectivity index (χ0) is 19.7. The Balaban J connectivity index is 1.42. The molecule has 0 saturated carbocycles. The van der Waals surface area contributed by atoms with Gasteiger partial charge in [0.2, 0.25) is 15.9 Å². The standard InChI is InChI=1S/C21H24N2O3S2/c1-27-18-6-8-19(9-7-18)28(25,26)22-13-10-17(11-14-22)21(24)23-15-12-16-4-2-3-5-20(16)23/h2-9,17H,10-15H2,1H3. The first kappa shape index (κ1) is 19.5. The average molecular weight is 417 g/mol.